The summed E-state index contributed by atoms with van der Waals surface area (Å²) in [5.74, 6) is 2.11. The van der Waals surface area contributed by atoms with Crippen molar-refractivity contribution in [2.45, 2.75) is 84.0 Å². The first-order valence-electron chi connectivity index (χ1n) is 22.9. The predicted octanol–water partition coefficient (Wildman–Crippen LogP) is 13.6. The number of carbonyl (C=O) groups is 3. The lowest BCUT2D eigenvalue weighted by Crippen LogP contribution is -2.02. The summed E-state index contributed by atoms with van der Waals surface area (Å²) in [4.78, 5) is 32.8. The van der Waals surface area contributed by atoms with Gasteiger partial charge in [-0.25, -0.2) is 14.4 Å². The van der Waals surface area contributed by atoms with Crippen LogP contribution in [0, 0.1) is 0 Å². The Hall–Kier alpha value is -7.09. The van der Waals surface area contributed by atoms with Crippen molar-refractivity contribution in [2.24, 2.45) is 20.5 Å². The number of nitrogens with zero attached hydrogens (tertiary/aromatic N) is 4. The molecule has 4 aromatic carbocycles. The third-order valence-electron chi connectivity index (χ3n) is 9.37. The lowest BCUT2D eigenvalue weighted by molar-refractivity contribution is -0.138. The molecule has 0 heterocycles. The van der Waals surface area contributed by atoms with Crippen molar-refractivity contribution >= 4 is 40.7 Å². The maximum atomic E-state index is 11.0. The minimum atomic E-state index is -0.374. The molecule has 4 rings (SSSR count). The average Bonchev–Trinajstić information content (AvgIpc) is 3.36. The summed E-state index contributed by atoms with van der Waals surface area (Å²) >= 11 is 0. The lowest BCUT2D eigenvalue weighted by atomic mass is 10.2. The van der Waals surface area contributed by atoms with Gasteiger partial charge in [-0.15, -0.1) is 0 Å². The summed E-state index contributed by atoms with van der Waals surface area (Å²) in [7, 11) is 0. The van der Waals surface area contributed by atoms with Crippen molar-refractivity contribution in [3.05, 3.63) is 135 Å². The Balaban J connectivity index is 0.000000368. The molecule has 14 heteroatoms. The second-order valence-electron chi connectivity index (χ2n) is 14.7. The molecule has 0 aromatic heterocycles. The molecule has 0 N–H and O–H groups in total. The van der Waals surface area contributed by atoms with Crippen molar-refractivity contribution < 1.29 is 47.5 Å². The first-order chi connectivity index (χ1) is 32.8. The fourth-order valence-corrected chi connectivity index (χ4v) is 5.77. The van der Waals surface area contributed by atoms with Crippen LogP contribution in [-0.4, -0.2) is 64.2 Å². The van der Waals surface area contributed by atoms with E-state index in [0.717, 1.165) is 123 Å². The van der Waals surface area contributed by atoms with Gasteiger partial charge in [0.25, 0.3) is 0 Å². The van der Waals surface area contributed by atoms with Crippen LogP contribution in [0.5, 0.6) is 23.0 Å². The number of hydrogen-bond acceptors (Lipinski definition) is 14. The fraction of sp³-hybridized carbons (Fsp3) is 0.377. The van der Waals surface area contributed by atoms with Gasteiger partial charge in [0.15, 0.2) is 0 Å². The molecule has 14 nitrogen and oxygen atoms in total. The van der Waals surface area contributed by atoms with Gasteiger partial charge in [-0.1, -0.05) is 19.7 Å². The van der Waals surface area contributed by atoms with E-state index in [4.69, 9.17) is 33.2 Å². The van der Waals surface area contributed by atoms with Crippen LogP contribution in [0.4, 0.5) is 22.7 Å². The van der Waals surface area contributed by atoms with E-state index in [9.17, 15) is 14.4 Å². The third kappa shape index (κ3) is 26.5. The van der Waals surface area contributed by atoms with Gasteiger partial charge in [-0.2, -0.15) is 20.5 Å². The van der Waals surface area contributed by atoms with Crippen LogP contribution in [0.1, 0.15) is 84.0 Å². The number of rotatable bonds is 33. The SMILES string of the molecule is C=CC(=O)OCCCCCCOc1ccc(N=Nc2ccc(OCC)cc2)cc1.C=CC(=O)OCCCCCCOc1ccc(N=Nc2ccc(OCCCCCCOC(=O)C=C)cc2)cc1. The van der Waals surface area contributed by atoms with E-state index in [1.165, 1.54) is 18.2 Å². The molecule has 0 radical (unpaired) electrons. The van der Waals surface area contributed by atoms with Crippen molar-refractivity contribution in [2.75, 3.05) is 46.2 Å². The Morgan fingerprint density at radius 1 is 0.358 bits per heavy atom. The van der Waals surface area contributed by atoms with Crippen LogP contribution in [0.3, 0.4) is 0 Å². The summed E-state index contributed by atoms with van der Waals surface area (Å²) in [6.45, 7) is 15.9. The molecule has 0 aliphatic rings. The number of carbonyl (C=O) groups excluding carboxylic acids is 3. The van der Waals surface area contributed by atoms with E-state index in [2.05, 4.69) is 40.2 Å². The number of hydrogen-bond donors (Lipinski definition) is 0. The van der Waals surface area contributed by atoms with E-state index in [0.29, 0.717) is 46.2 Å². The van der Waals surface area contributed by atoms with Gasteiger partial charge in [0, 0.05) is 18.2 Å². The third-order valence-corrected chi connectivity index (χ3v) is 9.37. The highest BCUT2D eigenvalue weighted by molar-refractivity contribution is 5.81. The smallest absolute Gasteiger partial charge is 0.330 e. The van der Waals surface area contributed by atoms with E-state index in [-0.39, 0.29) is 17.9 Å². The Labute approximate surface area is 395 Å². The molecule has 0 fully saturated rings. The number of azo groups is 2. The van der Waals surface area contributed by atoms with Crippen LogP contribution >= 0.6 is 0 Å². The quantitative estimate of drug-likeness (QED) is 0.0148. The zero-order valence-electron chi connectivity index (χ0n) is 38.9. The zero-order valence-corrected chi connectivity index (χ0v) is 38.9. The van der Waals surface area contributed by atoms with Gasteiger partial charge in [-0.3, -0.25) is 0 Å². The molecule has 0 atom stereocenters. The van der Waals surface area contributed by atoms with Gasteiger partial charge in [-0.05, 0) is 181 Å². The van der Waals surface area contributed by atoms with Crippen LogP contribution in [-0.2, 0) is 28.6 Å². The highest BCUT2D eigenvalue weighted by atomic mass is 16.5. The molecule has 4 aromatic rings. The average molecular weight is 919 g/mol. The highest BCUT2D eigenvalue weighted by Crippen LogP contribution is 2.25. The molecule has 0 saturated heterocycles. The number of benzene rings is 4. The summed E-state index contributed by atoms with van der Waals surface area (Å²) in [6, 6.07) is 30.0. The molecule has 0 aliphatic heterocycles. The Kier molecular flexibility index (Phi) is 28.5. The predicted molar refractivity (Wildman–Crippen MR) is 261 cm³/mol. The second kappa shape index (κ2) is 35.2. The summed E-state index contributed by atoms with van der Waals surface area (Å²) in [6.07, 6.45) is 14.9. The van der Waals surface area contributed by atoms with Crippen LogP contribution in [0.25, 0.3) is 0 Å². The molecule has 358 valence electrons. The Bertz CT molecular complexity index is 1990. The number of unbranched alkanes of at least 4 members (excludes halogenated alkanes) is 9. The monoisotopic (exact) mass is 918 g/mol. The maximum Gasteiger partial charge on any atom is 0.330 e. The summed E-state index contributed by atoms with van der Waals surface area (Å²) < 4.78 is 37.5. The molecule has 0 aliphatic carbocycles. The molecule has 0 saturated carbocycles. The van der Waals surface area contributed by atoms with E-state index < -0.39 is 0 Å². The number of esters is 3. The lowest BCUT2D eigenvalue weighted by Gasteiger charge is -2.07. The van der Waals surface area contributed by atoms with Crippen LogP contribution < -0.4 is 18.9 Å². The molecule has 0 unspecified atom stereocenters. The fourth-order valence-electron chi connectivity index (χ4n) is 5.77. The molecule has 0 amide bonds. The van der Waals surface area contributed by atoms with E-state index in [1.54, 1.807) is 0 Å². The normalized spacial score (nSPS) is 10.6. The van der Waals surface area contributed by atoms with Gasteiger partial charge in [0.1, 0.15) is 23.0 Å². The van der Waals surface area contributed by atoms with Gasteiger partial charge < -0.3 is 33.2 Å². The van der Waals surface area contributed by atoms with Gasteiger partial charge in [0.05, 0.1) is 69.0 Å². The van der Waals surface area contributed by atoms with Crippen molar-refractivity contribution in [1.29, 1.82) is 0 Å². The zero-order chi connectivity index (χ0) is 48.0. The highest BCUT2D eigenvalue weighted by Gasteiger charge is 2.02. The molecular weight excluding hydrogens is 853 g/mol. The minimum absolute atomic E-state index is 0.365. The number of ether oxygens (including phenoxy) is 7. The van der Waals surface area contributed by atoms with Crippen LogP contribution in [0.15, 0.2) is 155 Å². The molecular formula is C53H66N4O10. The second-order valence-corrected chi connectivity index (χ2v) is 14.7. The first-order valence-corrected chi connectivity index (χ1v) is 22.9. The van der Waals surface area contributed by atoms with Gasteiger partial charge >= 0.3 is 17.9 Å². The van der Waals surface area contributed by atoms with Crippen molar-refractivity contribution in [3.63, 3.8) is 0 Å². The Morgan fingerprint density at radius 3 is 0.806 bits per heavy atom. The summed E-state index contributed by atoms with van der Waals surface area (Å²) in [5, 5.41) is 17.0. The van der Waals surface area contributed by atoms with E-state index in [1.807, 2.05) is 104 Å². The van der Waals surface area contributed by atoms with Gasteiger partial charge in [0.2, 0.25) is 0 Å². The largest absolute Gasteiger partial charge is 0.494 e. The standard InChI is InChI=1S/C30H38N2O6.C23H28N2O4/c1-3-29(33)37-23-11-7-5-9-21-35-27-17-13-25(14-18-27)31-32-26-15-19-28(20-16-26)36-22-10-6-8-12-24-38-30(34)4-2;1-3-23(26)29-18-8-6-5-7-17-28-22-15-11-20(12-16-22)25-24-19-9-13-21(14-10-19)27-4-2/h3-4,13-20H,1-2,5-12,21-24H2;3,9-16H,1,4-8,17-18H2,2H3. The van der Waals surface area contributed by atoms with Crippen molar-refractivity contribution in [1.82, 2.24) is 0 Å². The first kappa shape index (κ1) is 54.2. The molecule has 67 heavy (non-hydrogen) atoms. The molecule has 0 bridgehead atoms. The van der Waals surface area contributed by atoms with Crippen molar-refractivity contribution in [3.8, 4) is 23.0 Å². The minimum Gasteiger partial charge on any atom is -0.494 e. The Morgan fingerprint density at radius 2 is 0.582 bits per heavy atom. The maximum absolute atomic E-state index is 11.0. The topological polar surface area (TPSA) is 165 Å². The molecule has 0 spiro atoms. The summed E-state index contributed by atoms with van der Waals surface area (Å²) in [5.41, 5.74) is 3.02. The van der Waals surface area contributed by atoms with Crippen LogP contribution in [0.2, 0.25) is 0 Å². The van der Waals surface area contributed by atoms with E-state index >= 15 is 0 Å².